The maximum absolute atomic E-state index is 12.7. The van der Waals surface area contributed by atoms with E-state index >= 15 is 0 Å². The molecule has 0 atom stereocenters. The molecule has 0 N–H and O–H groups in total. The minimum atomic E-state index is -3.52. The Morgan fingerprint density at radius 1 is 1.21 bits per heavy atom. The second-order valence-corrected chi connectivity index (χ2v) is 5.69. The van der Waals surface area contributed by atoms with E-state index in [1.807, 2.05) is 0 Å². The number of rotatable bonds is 2. The first-order valence-electron chi connectivity index (χ1n) is 4.31. The normalized spacial score (nSPS) is 24.1. The van der Waals surface area contributed by atoms with Crippen molar-refractivity contribution in [2.75, 3.05) is 27.2 Å². The first-order valence-corrected chi connectivity index (χ1v) is 5.71. The van der Waals surface area contributed by atoms with Crippen LogP contribution in [-0.2, 0) is 10.2 Å². The highest BCUT2D eigenvalue weighted by atomic mass is 32.2. The lowest BCUT2D eigenvalue weighted by atomic mass is 10.1. The molecular weight excluding hydrogens is 214 g/mol. The minimum Gasteiger partial charge on any atom is -0.207 e. The van der Waals surface area contributed by atoms with Gasteiger partial charge in [-0.05, 0) is 0 Å². The summed E-state index contributed by atoms with van der Waals surface area (Å²) >= 11 is 0. The molecule has 0 saturated carbocycles. The molecule has 1 rings (SSSR count). The predicted molar refractivity (Wildman–Crippen MR) is 48.4 cm³/mol. The zero-order valence-corrected chi connectivity index (χ0v) is 9.02. The summed E-state index contributed by atoms with van der Waals surface area (Å²) in [6.07, 6.45) is -0.778. The lowest BCUT2D eigenvalue weighted by Crippen LogP contribution is -2.47. The molecule has 1 aliphatic heterocycles. The van der Waals surface area contributed by atoms with E-state index in [2.05, 4.69) is 0 Å². The number of hydrogen-bond donors (Lipinski definition) is 0. The van der Waals surface area contributed by atoms with Crippen molar-refractivity contribution < 1.29 is 17.2 Å². The summed E-state index contributed by atoms with van der Waals surface area (Å²) in [6.45, 7) is -0.207. The highest BCUT2D eigenvalue weighted by Crippen LogP contribution is 2.29. The first-order chi connectivity index (χ1) is 6.26. The minimum absolute atomic E-state index is 0.104. The van der Waals surface area contributed by atoms with Crippen LogP contribution in [-0.4, -0.2) is 50.1 Å². The van der Waals surface area contributed by atoms with Gasteiger partial charge in [0.1, 0.15) is 0 Å². The van der Waals surface area contributed by atoms with E-state index in [9.17, 15) is 17.2 Å². The number of nitrogens with zero attached hydrogens (tertiary/aromatic N) is 2. The molecule has 0 aliphatic carbocycles. The van der Waals surface area contributed by atoms with Crippen molar-refractivity contribution in [2.45, 2.75) is 18.8 Å². The number of halogens is 2. The van der Waals surface area contributed by atoms with Crippen LogP contribution in [0.2, 0.25) is 0 Å². The van der Waals surface area contributed by atoms with Crippen LogP contribution in [0.25, 0.3) is 0 Å². The summed E-state index contributed by atoms with van der Waals surface area (Å²) in [5.41, 5.74) is 0. The van der Waals surface area contributed by atoms with Crippen molar-refractivity contribution in [1.82, 2.24) is 8.61 Å². The molecule has 0 bridgehead atoms. The van der Waals surface area contributed by atoms with Crippen LogP contribution in [0.15, 0.2) is 0 Å². The summed E-state index contributed by atoms with van der Waals surface area (Å²) in [5, 5.41) is 0. The summed E-state index contributed by atoms with van der Waals surface area (Å²) < 4.78 is 50.6. The summed E-state index contributed by atoms with van der Waals surface area (Å²) in [5.74, 6) is -2.71. The van der Waals surface area contributed by atoms with E-state index in [0.29, 0.717) is 0 Å². The van der Waals surface area contributed by atoms with Crippen LogP contribution in [0, 0.1) is 0 Å². The van der Waals surface area contributed by atoms with Gasteiger partial charge in [-0.2, -0.15) is 17.0 Å². The Kier molecular flexibility index (Phi) is 3.13. The van der Waals surface area contributed by atoms with Crippen LogP contribution in [0.5, 0.6) is 0 Å². The van der Waals surface area contributed by atoms with Gasteiger partial charge in [0.2, 0.25) is 0 Å². The van der Waals surface area contributed by atoms with Crippen molar-refractivity contribution in [3.8, 4) is 0 Å². The van der Waals surface area contributed by atoms with Gasteiger partial charge in [0, 0.05) is 40.0 Å². The van der Waals surface area contributed by atoms with Crippen LogP contribution in [0.4, 0.5) is 8.78 Å². The number of alkyl halides is 2. The molecular formula is C7H14F2N2O2S. The van der Waals surface area contributed by atoms with Gasteiger partial charge in [-0.1, -0.05) is 0 Å². The van der Waals surface area contributed by atoms with Gasteiger partial charge in [-0.3, -0.25) is 0 Å². The van der Waals surface area contributed by atoms with E-state index in [1.54, 1.807) is 0 Å². The number of piperidine rings is 1. The van der Waals surface area contributed by atoms with Crippen molar-refractivity contribution in [3.63, 3.8) is 0 Å². The highest BCUT2D eigenvalue weighted by Gasteiger charge is 2.38. The van der Waals surface area contributed by atoms with E-state index in [4.69, 9.17) is 0 Å². The fourth-order valence-corrected chi connectivity index (χ4v) is 2.38. The molecule has 1 fully saturated rings. The predicted octanol–water partition coefficient (Wildman–Crippen LogP) is 0.524. The Hall–Kier alpha value is -0.270. The Labute approximate surface area is 82.7 Å². The highest BCUT2D eigenvalue weighted by molar-refractivity contribution is 7.86. The van der Waals surface area contributed by atoms with Crippen molar-refractivity contribution in [1.29, 1.82) is 0 Å². The molecule has 1 heterocycles. The lowest BCUT2D eigenvalue weighted by Gasteiger charge is -2.32. The molecule has 1 aliphatic rings. The average molecular weight is 228 g/mol. The zero-order valence-electron chi connectivity index (χ0n) is 8.20. The van der Waals surface area contributed by atoms with Crippen molar-refractivity contribution in [2.24, 2.45) is 0 Å². The van der Waals surface area contributed by atoms with E-state index in [0.717, 1.165) is 8.61 Å². The molecule has 7 heteroatoms. The molecule has 14 heavy (non-hydrogen) atoms. The second-order valence-electron chi connectivity index (χ2n) is 3.55. The fourth-order valence-electron chi connectivity index (χ4n) is 1.28. The first kappa shape index (κ1) is 11.8. The van der Waals surface area contributed by atoms with Crippen LogP contribution >= 0.6 is 0 Å². The van der Waals surface area contributed by atoms with Gasteiger partial charge >= 0.3 is 0 Å². The Morgan fingerprint density at radius 3 is 2.00 bits per heavy atom. The standard InChI is InChI=1S/C7H14F2N2O2S/c1-10(2)14(12,13)11-5-3-7(8,9)4-6-11/h3-6H2,1-2H3. The molecule has 0 aromatic heterocycles. The van der Waals surface area contributed by atoms with Gasteiger partial charge in [0.05, 0.1) is 0 Å². The number of hydrogen-bond acceptors (Lipinski definition) is 2. The summed E-state index contributed by atoms with van der Waals surface area (Å²) in [7, 11) is -0.735. The molecule has 0 radical (unpaired) electrons. The van der Waals surface area contributed by atoms with Crippen LogP contribution in [0.1, 0.15) is 12.8 Å². The SMILES string of the molecule is CN(C)S(=O)(=O)N1CCC(F)(F)CC1. The molecule has 0 aromatic rings. The Morgan fingerprint density at radius 2 is 1.64 bits per heavy atom. The van der Waals surface area contributed by atoms with Gasteiger partial charge < -0.3 is 0 Å². The monoisotopic (exact) mass is 228 g/mol. The van der Waals surface area contributed by atoms with Gasteiger partial charge in [-0.15, -0.1) is 0 Å². The Balaban J connectivity index is 2.68. The molecule has 4 nitrogen and oxygen atoms in total. The van der Waals surface area contributed by atoms with Crippen molar-refractivity contribution >= 4 is 10.2 Å². The third-order valence-corrected chi connectivity index (χ3v) is 4.18. The summed E-state index contributed by atoms with van der Waals surface area (Å²) in [4.78, 5) is 0. The largest absolute Gasteiger partial charge is 0.281 e. The maximum Gasteiger partial charge on any atom is 0.281 e. The quantitative estimate of drug-likeness (QED) is 0.691. The summed E-state index contributed by atoms with van der Waals surface area (Å²) in [6, 6.07) is 0. The lowest BCUT2D eigenvalue weighted by molar-refractivity contribution is -0.0417. The van der Waals surface area contributed by atoms with E-state index < -0.39 is 16.1 Å². The third kappa shape index (κ3) is 2.40. The third-order valence-electron chi connectivity index (χ3n) is 2.24. The Bertz CT molecular complexity index is 293. The van der Waals surface area contributed by atoms with Crippen molar-refractivity contribution in [3.05, 3.63) is 0 Å². The topological polar surface area (TPSA) is 40.6 Å². The fraction of sp³-hybridized carbons (Fsp3) is 1.00. The van der Waals surface area contributed by atoms with Gasteiger partial charge in [0.25, 0.3) is 16.1 Å². The van der Waals surface area contributed by atoms with Crippen LogP contribution < -0.4 is 0 Å². The second kappa shape index (κ2) is 3.71. The van der Waals surface area contributed by atoms with Gasteiger partial charge in [-0.25, -0.2) is 8.78 Å². The molecule has 1 saturated heterocycles. The maximum atomic E-state index is 12.7. The molecule has 0 spiro atoms. The van der Waals surface area contributed by atoms with E-state index in [-0.39, 0.29) is 25.9 Å². The molecule has 0 amide bonds. The van der Waals surface area contributed by atoms with E-state index in [1.165, 1.54) is 14.1 Å². The smallest absolute Gasteiger partial charge is 0.207 e. The molecule has 0 aromatic carbocycles. The van der Waals surface area contributed by atoms with Gasteiger partial charge in [0.15, 0.2) is 0 Å². The van der Waals surface area contributed by atoms with Crippen LogP contribution in [0.3, 0.4) is 0 Å². The zero-order chi connectivity index (χ0) is 11.0. The molecule has 0 unspecified atom stereocenters. The average Bonchev–Trinajstić information content (AvgIpc) is 2.03. The molecule has 84 valence electrons.